The van der Waals surface area contributed by atoms with Crippen LogP contribution in [0.5, 0.6) is 0 Å². The summed E-state index contributed by atoms with van der Waals surface area (Å²) in [4.78, 5) is 16.7. The first-order chi connectivity index (χ1) is 14.5. The Bertz CT molecular complexity index is 1120. The van der Waals surface area contributed by atoms with Gasteiger partial charge in [0.1, 0.15) is 5.82 Å². The van der Waals surface area contributed by atoms with Crippen molar-refractivity contribution in [3.05, 3.63) is 65.7 Å². The van der Waals surface area contributed by atoms with Crippen LogP contribution in [0, 0.1) is 35.2 Å². The summed E-state index contributed by atoms with van der Waals surface area (Å²) < 4.78 is 42.5. The van der Waals surface area contributed by atoms with Gasteiger partial charge in [-0.2, -0.15) is 0 Å². The van der Waals surface area contributed by atoms with Crippen LogP contribution in [0.25, 0.3) is 11.0 Å². The molecule has 0 saturated heterocycles. The third kappa shape index (κ3) is 3.16. The standard InChI is InChI=1S/C23H22F3N3O/c1-2-19(28-23(30)12-4-3-5-13(24)6-12)22-15-7-14(8-16(15)22)29-11-27-20-9-17(25)18(26)10-21(20)29/h3-6,9-11,14-16,19,22H,2,7-8H2,1H3,(H,28,30)/t14-,15-,16+,19-,22+/m1/s1. The van der Waals surface area contributed by atoms with Crippen molar-refractivity contribution in [2.24, 2.45) is 17.8 Å². The fourth-order valence-electron chi connectivity index (χ4n) is 5.35. The molecule has 0 radical (unpaired) electrons. The predicted molar refractivity (Wildman–Crippen MR) is 106 cm³/mol. The van der Waals surface area contributed by atoms with E-state index in [-0.39, 0.29) is 18.0 Å². The van der Waals surface area contributed by atoms with Gasteiger partial charge in [0, 0.05) is 29.8 Å². The zero-order chi connectivity index (χ0) is 21.0. The number of carbonyl (C=O) groups is 1. The van der Waals surface area contributed by atoms with Gasteiger partial charge in [0.2, 0.25) is 0 Å². The number of benzene rings is 2. The Morgan fingerprint density at radius 2 is 1.90 bits per heavy atom. The quantitative estimate of drug-likeness (QED) is 0.649. The Hall–Kier alpha value is -2.83. The summed E-state index contributed by atoms with van der Waals surface area (Å²) in [7, 11) is 0. The molecule has 1 heterocycles. The van der Waals surface area contributed by atoms with Crippen molar-refractivity contribution >= 4 is 16.9 Å². The highest BCUT2D eigenvalue weighted by molar-refractivity contribution is 5.94. The first-order valence-corrected chi connectivity index (χ1v) is 10.3. The molecule has 1 aromatic heterocycles. The summed E-state index contributed by atoms with van der Waals surface area (Å²) in [5.41, 5.74) is 1.40. The molecule has 5 rings (SSSR count). The van der Waals surface area contributed by atoms with Crippen LogP contribution in [0.3, 0.4) is 0 Å². The maximum absolute atomic E-state index is 13.7. The third-order valence-corrected chi connectivity index (χ3v) is 6.80. The second-order valence-electron chi connectivity index (χ2n) is 8.44. The van der Waals surface area contributed by atoms with Crippen molar-refractivity contribution in [1.29, 1.82) is 0 Å². The van der Waals surface area contributed by atoms with Crippen LogP contribution < -0.4 is 5.32 Å². The molecule has 2 fully saturated rings. The molecule has 4 nitrogen and oxygen atoms in total. The molecule has 0 unspecified atom stereocenters. The van der Waals surface area contributed by atoms with E-state index in [4.69, 9.17) is 0 Å². The second kappa shape index (κ2) is 7.15. The van der Waals surface area contributed by atoms with Crippen molar-refractivity contribution in [2.75, 3.05) is 0 Å². The SMILES string of the molecule is CC[C@@H](NC(=O)c1cccc(F)c1)[C@H]1[C@@H]2C[C@@H](n3cnc4cc(F)c(F)cc43)C[C@@H]21. The number of halogens is 3. The molecule has 3 aromatic rings. The average Bonchev–Trinajstić information content (AvgIpc) is 3.03. The normalized spacial score (nSPS) is 25.9. The van der Waals surface area contributed by atoms with Gasteiger partial charge in [0.15, 0.2) is 11.6 Å². The van der Waals surface area contributed by atoms with E-state index in [0.717, 1.165) is 25.3 Å². The van der Waals surface area contributed by atoms with E-state index in [9.17, 15) is 18.0 Å². The minimum Gasteiger partial charge on any atom is -0.349 e. The minimum absolute atomic E-state index is 0.0442. The molecule has 0 bridgehead atoms. The van der Waals surface area contributed by atoms with Crippen molar-refractivity contribution in [3.63, 3.8) is 0 Å². The van der Waals surface area contributed by atoms with Gasteiger partial charge in [0.05, 0.1) is 17.4 Å². The van der Waals surface area contributed by atoms with Gasteiger partial charge >= 0.3 is 0 Å². The Labute approximate surface area is 172 Å². The molecule has 30 heavy (non-hydrogen) atoms. The monoisotopic (exact) mass is 413 g/mol. The smallest absolute Gasteiger partial charge is 0.251 e. The highest BCUT2D eigenvalue weighted by Gasteiger charge is 2.59. The second-order valence-corrected chi connectivity index (χ2v) is 8.44. The van der Waals surface area contributed by atoms with Crippen LogP contribution in [0.2, 0.25) is 0 Å². The topological polar surface area (TPSA) is 46.9 Å². The number of amides is 1. The van der Waals surface area contributed by atoms with Gasteiger partial charge in [0.25, 0.3) is 5.91 Å². The number of carbonyl (C=O) groups excluding carboxylic acids is 1. The van der Waals surface area contributed by atoms with Crippen LogP contribution in [0.4, 0.5) is 13.2 Å². The highest BCUT2D eigenvalue weighted by atomic mass is 19.2. The van der Waals surface area contributed by atoms with Gasteiger partial charge in [-0.25, -0.2) is 18.2 Å². The van der Waals surface area contributed by atoms with Crippen LogP contribution in [0.1, 0.15) is 42.6 Å². The van der Waals surface area contributed by atoms with E-state index in [1.165, 1.54) is 24.3 Å². The molecule has 2 aliphatic carbocycles. The average molecular weight is 413 g/mol. The number of fused-ring (bicyclic) bond motifs is 2. The van der Waals surface area contributed by atoms with Gasteiger partial charge in [-0.3, -0.25) is 4.79 Å². The van der Waals surface area contributed by atoms with E-state index in [2.05, 4.69) is 10.3 Å². The van der Waals surface area contributed by atoms with Gasteiger partial charge in [-0.1, -0.05) is 13.0 Å². The predicted octanol–water partition coefficient (Wildman–Crippen LogP) is 4.86. The number of hydrogen-bond donors (Lipinski definition) is 1. The van der Waals surface area contributed by atoms with Crippen molar-refractivity contribution in [3.8, 4) is 0 Å². The number of rotatable bonds is 5. The van der Waals surface area contributed by atoms with Crippen molar-refractivity contribution < 1.29 is 18.0 Å². The van der Waals surface area contributed by atoms with Crippen LogP contribution >= 0.6 is 0 Å². The molecular weight excluding hydrogens is 391 g/mol. The first-order valence-electron chi connectivity index (χ1n) is 10.3. The number of imidazole rings is 1. The molecule has 0 aliphatic heterocycles. The van der Waals surface area contributed by atoms with E-state index in [1.54, 1.807) is 12.4 Å². The van der Waals surface area contributed by atoms with Crippen molar-refractivity contribution in [1.82, 2.24) is 14.9 Å². The van der Waals surface area contributed by atoms with Crippen molar-refractivity contribution in [2.45, 2.75) is 38.3 Å². The molecule has 5 atom stereocenters. The molecule has 1 N–H and O–H groups in total. The molecule has 156 valence electrons. The molecule has 1 amide bonds. The number of hydrogen-bond acceptors (Lipinski definition) is 2. The number of nitrogens with one attached hydrogen (secondary N) is 1. The zero-order valence-corrected chi connectivity index (χ0v) is 16.5. The lowest BCUT2D eigenvalue weighted by atomic mass is 9.98. The molecular formula is C23H22F3N3O. The Kier molecular flexibility index (Phi) is 4.56. The highest BCUT2D eigenvalue weighted by Crippen LogP contribution is 2.62. The maximum Gasteiger partial charge on any atom is 0.251 e. The first kappa shape index (κ1) is 19.2. The minimum atomic E-state index is -0.887. The van der Waals surface area contributed by atoms with Crippen LogP contribution in [-0.4, -0.2) is 21.5 Å². The third-order valence-electron chi connectivity index (χ3n) is 6.80. The van der Waals surface area contributed by atoms with Gasteiger partial charge < -0.3 is 9.88 Å². The van der Waals surface area contributed by atoms with E-state index in [1.807, 2.05) is 11.5 Å². The van der Waals surface area contributed by atoms with Crippen LogP contribution in [0.15, 0.2) is 42.7 Å². The summed E-state index contributed by atoms with van der Waals surface area (Å²) in [6.45, 7) is 2.04. The van der Waals surface area contributed by atoms with E-state index in [0.29, 0.717) is 34.4 Å². The maximum atomic E-state index is 13.7. The summed E-state index contributed by atoms with van der Waals surface area (Å²) >= 11 is 0. The molecule has 7 heteroatoms. The summed E-state index contributed by atoms with van der Waals surface area (Å²) in [5.74, 6) is -1.07. The molecule has 2 aromatic carbocycles. The number of nitrogens with zero attached hydrogens (tertiary/aromatic N) is 2. The summed E-state index contributed by atoms with van der Waals surface area (Å²) in [6, 6.07) is 8.30. The molecule has 0 spiro atoms. The molecule has 2 saturated carbocycles. The van der Waals surface area contributed by atoms with Gasteiger partial charge in [-0.05, 0) is 55.2 Å². The van der Waals surface area contributed by atoms with Gasteiger partial charge in [-0.15, -0.1) is 0 Å². The van der Waals surface area contributed by atoms with E-state index >= 15 is 0 Å². The summed E-state index contributed by atoms with van der Waals surface area (Å²) in [6.07, 6.45) is 4.32. The zero-order valence-electron chi connectivity index (χ0n) is 16.5. The lowest BCUT2D eigenvalue weighted by Gasteiger charge is -2.22. The Morgan fingerprint density at radius 1 is 1.17 bits per heavy atom. The fraction of sp³-hybridized carbons (Fsp3) is 0.391. The Morgan fingerprint density at radius 3 is 2.60 bits per heavy atom. The fourth-order valence-corrected chi connectivity index (χ4v) is 5.35. The van der Waals surface area contributed by atoms with E-state index < -0.39 is 17.5 Å². The largest absolute Gasteiger partial charge is 0.349 e. The Balaban J connectivity index is 1.27. The lowest BCUT2D eigenvalue weighted by Crippen LogP contribution is -2.37. The lowest BCUT2D eigenvalue weighted by molar-refractivity contribution is 0.0926. The number of aromatic nitrogens is 2. The summed E-state index contributed by atoms with van der Waals surface area (Å²) in [5, 5.41) is 3.08. The van der Waals surface area contributed by atoms with Crippen LogP contribution in [-0.2, 0) is 0 Å². The molecule has 2 aliphatic rings.